The van der Waals surface area contributed by atoms with E-state index in [-0.39, 0.29) is 0 Å². The zero-order chi connectivity index (χ0) is 11.7. The summed E-state index contributed by atoms with van der Waals surface area (Å²) in [6.07, 6.45) is 13.6. The maximum atomic E-state index is 9.54. The van der Waals surface area contributed by atoms with Crippen molar-refractivity contribution in [3.8, 4) is 0 Å². The molecule has 0 radical (unpaired) electrons. The summed E-state index contributed by atoms with van der Waals surface area (Å²) in [6.45, 7) is 0. The lowest BCUT2D eigenvalue weighted by Gasteiger charge is -2.10. The van der Waals surface area contributed by atoms with Crippen molar-refractivity contribution in [1.29, 1.82) is 0 Å². The van der Waals surface area contributed by atoms with Crippen molar-refractivity contribution in [3.05, 3.63) is 76.1 Å². The largest absolute Gasteiger partial charge is 0.340 e. The predicted octanol–water partition coefficient (Wildman–Crippen LogP) is 1.08. The maximum Gasteiger partial charge on any atom is 0.340 e. The van der Waals surface area contributed by atoms with Gasteiger partial charge in [-0.05, 0) is 40.1 Å². The lowest BCUT2D eigenvalue weighted by Crippen LogP contribution is -2.27. The van der Waals surface area contributed by atoms with Crippen molar-refractivity contribution in [2.24, 2.45) is 0 Å². The fourth-order valence-electron chi connectivity index (χ4n) is 2.24. The van der Waals surface area contributed by atoms with Gasteiger partial charge in [0, 0.05) is 12.1 Å². The van der Waals surface area contributed by atoms with Crippen LogP contribution in [0.15, 0.2) is 60.2 Å². The summed E-state index contributed by atoms with van der Waals surface area (Å²) in [6, 6.07) is 7.44. The van der Waals surface area contributed by atoms with E-state index >= 15 is 0 Å². The van der Waals surface area contributed by atoms with E-state index in [2.05, 4.69) is 30.4 Å². The standard InChI is InChI=1S/C16H12O/c17-15-7-6-14-11-12-4-2-1-3-5-13(10-12)16(14)9-8-15/h1-9,11H,10H2/p+1. The molecule has 0 spiro atoms. The number of hydrogen-bond donors (Lipinski definition) is 0. The first-order valence-corrected chi connectivity index (χ1v) is 5.74. The van der Waals surface area contributed by atoms with E-state index in [9.17, 15) is 4.79 Å². The molecular weight excluding hydrogens is 208 g/mol. The van der Waals surface area contributed by atoms with Gasteiger partial charge in [-0.25, -0.2) is 0 Å². The molecule has 1 N–H and O–H groups in total. The molecule has 0 heterocycles. The quantitative estimate of drug-likeness (QED) is 0.585. The lowest BCUT2D eigenvalue weighted by atomic mass is 9.95. The number of rotatable bonds is 0. The van der Waals surface area contributed by atoms with Gasteiger partial charge >= 0.3 is 5.43 Å². The summed E-state index contributed by atoms with van der Waals surface area (Å²) in [5.41, 5.74) is 2.90. The summed E-state index contributed by atoms with van der Waals surface area (Å²) in [5.74, 6) is 0. The van der Waals surface area contributed by atoms with Crippen LogP contribution in [0.2, 0.25) is 0 Å². The Morgan fingerprint density at radius 2 is 1.82 bits per heavy atom. The molecule has 1 nitrogen and oxygen atoms in total. The van der Waals surface area contributed by atoms with Crippen LogP contribution in [0.3, 0.4) is 0 Å². The van der Waals surface area contributed by atoms with Crippen LogP contribution < -0.4 is 15.9 Å². The molecule has 82 valence electrons. The molecule has 0 saturated carbocycles. The van der Waals surface area contributed by atoms with Gasteiger partial charge in [0.15, 0.2) is 0 Å². The van der Waals surface area contributed by atoms with E-state index < -0.39 is 0 Å². The van der Waals surface area contributed by atoms with Crippen molar-refractivity contribution in [1.82, 2.24) is 0 Å². The van der Waals surface area contributed by atoms with Gasteiger partial charge in [0.2, 0.25) is 0 Å². The van der Waals surface area contributed by atoms with Gasteiger partial charge in [0.05, 0.1) is 0 Å². The van der Waals surface area contributed by atoms with Gasteiger partial charge in [-0.2, -0.15) is 0 Å². The van der Waals surface area contributed by atoms with E-state index in [1.54, 1.807) is 12.1 Å². The first-order valence-electron chi connectivity index (χ1n) is 5.74. The third kappa shape index (κ3) is 1.92. The summed E-state index contributed by atoms with van der Waals surface area (Å²) in [5, 5.41) is 2.37. The highest BCUT2D eigenvalue weighted by Crippen LogP contribution is 2.17. The Morgan fingerprint density at radius 1 is 0.941 bits per heavy atom. The van der Waals surface area contributed by atoms with Gasteiger partial charge in [0.1, 0.15) is 0 Å². The third-order valence-electron chi connectivity index (χ3n) is 3.08. The molecule has 0 saturated heterocycles. The summed E-state index contributed by atoms with van der Waals surface area (Å²) >= 11 is 0. The van der Waals surface area contributed by atoms with Crippen molar-refractivity contribution < 1.29 is 4.79 Å². The molecule has 0 aliphatic heterocycles. The van der Waals surface area contributed by atoms with Crippen molar-refractivity contribution in [2.45, 2.75) is 6.42 Å². The van der Waals surface area contributed by atoms with Crippen LogP contribution in [0.1, 0.15) is 6.42 Å². The molecule has 2 aliphatic carbocycles. The topological polar surface area (TPSA) is 21.4 Å². The zero-order valence-corrected chi connectivity index (χ0v) is 9.43. The van der Waals surface area contributed by atoms with Crippen LogP contribution in [0, 0.1) is 0 Å². The van der Waals surface area contributed by atoms with Crippen LogP contribution in [0.5, 0.6) is 0 Å². The van der Waals surface area contributed by atoms with Crippen molar-refractivity contribution in [3.63, 3.8) is 0 Å². The second-order valence-electron chi connectivity index (χ2n) is 4.29. The molecule has 0 fully saturated rings. The van der Waals surface area contributed by atoms with Crippen molar-refractivity contribution >= 4 is 11.6 Å². The van der Waals surface area contributed by atoms with Crippen LogP contribution in [-0.4, -0.2) is 4.79 Å². The van der Waals surface area contributed by atoms with Crippen LogP contribution in [-0.2, 0) is 0 Å². The van der Waals surface area contributed by atoms with Gasteiger partial charge < -0.3 is 0 Å². The Balaban J connectivity index is 2.48. The van der Waals surface area contributed by atoms with Gasteiger partial charge in [-0.1, -0.05) is 36.5 Å². The smallest absolute Gasteiger partial charge is 0.274 e. The monoisotopic (exact) mass is 221 g/mol. The molecule has 0 aromatic heterocycles. The molecule has 1 aromatic carbocycles. The number of fused-ring (bicyclic) bond motifs is 3. The molecule has 1 aromatic rings. The van der Waals surface area contributed by atoms with E-state index in [1.807, 2.05) is 18.2 Å². The summed E-state index contributed by atoms with van der Waals surface area (Å²) in [4.78, 5) is 9.54. The molecule has 0 amide bonds. The Labute approximate surface area is 99.4 Å². The molecule has 2 aliphatic rings. The predicted molar refractivity (Wildman–Crippen MR) is 69.6 cm³/mol. The Bertz CT molecular complexity index is 731. The van der Waals surface area contributed by atoms with E-state index in [4.69, 9.17) is 0 Å². The fourth-order valence-corrected chi connectivity index (χ4v) is 2.24. The van der Waals surface area contributed by atoms with E-state index in [1.165, 1.54) is 16.4 Å². The fraction of sp³-hybridized carbons (Fsp3) is 0.0625. The average Bonchev–Trinajstić information content (AvgIpc) is 2.49. The molecule has 0 atom stereocenters. The lowest BCUT2D eigenvalue weighted by molar-refractivity contribution is 0.578. The van der Waals surface area contributed by atoms with Gasteiger partial charge in [-0.15, -0.1) is 0 Å². The highest BCUT2D eigenvalue weighted by Gasteiger charge is 2.06. The first kappa shape index (κ1) is 10.0. The summed E-state index contributed by atoms with van der Waals surface area (Å²) in [7, 11) is 0. The number of allylic oxidation sites excluding steroid dienone is 6. The Hall–Kier alpha value is -2.15. The average molecular weight is 221 g/mol. The SMILES string of the molecule is [OH+]=c1ccc2c(cc1)=C1C=CC=CC=C(C=2)C1. The highest BCUT2D eigenvalue weighted by molar-refractivity contribution is 5.69. The van der Waals surface area contributed by atoms with Crippen molar-refractivity contribution in [2.75, 3.05) is 0 Å². The summed E-state index contributed by atoms with van der Waals surface area (Å²) < 4.78 is 0. The molecule has 2 bridgehead atoms. The van der Waals surface area contributed by atoms with Crippen LogP contribution in [0.25, 0.3) is 11.6 Å². The minimum Gasteiger partial charge on any atom is -0.274 e. The molecule has 1 heteroatoms. The molecule has 0 unspecified atom stereocenters. The van der Waals surface area contributed by atoms with E-state index in [0.29, 0.717) is 5.43 Å². The minimum absolute atomic E-state index is 0.301. The Morgan fingerprint density at radius 3 is 2.76 bits per heavy atom. The van der Waals surface area contributed by atoms with E-state index in [0.717, 1.165) is 11.6 Å². The molecule has 17 heavy (non-hydrogen) atoms. The molecule has 3 rings (SSSR count). The third-order valence-corrected chi connectivity index (χ3v) is 3.08. The maximum absolute atomic E-state index is 9.54. The second kappa shape index (κ2) is 4.02. The number of hydrogen-bond acceptors (Lipinski definition) is 0. The Kier molecular flexibility index (Phi) is 2.37. The normalized spacial score (nSPS) is 16.5. The van der Waals surface area contributed by atoms with Gasteiger partial charge in [0.25, 0.3) is 0 Å². The highest BCUT2D eigenvalue weighted by atomic mass is 16.1. The molecular formula is C16H13O+. The second-order valence-corrected chi connectivity index (χ2v) is 4.29. The van der Waals surface area contributed by atoms with Crippen LogP contribution >= 0.6 is 0 Å². The zero-order valence-electron chi connectivity index (χ0n) is 9.43. The first-order chi connectivity index (χ1) is 8.33. The van der Waals surface area contributed by atoms with Crippen LogP contribution in [0.4, 0.5) is 0 Å². The van der Waals surface area contributed by atoms with Gasteiger partial charge in [-0.3, -0.25) is 4.79 Å². The minimum atomic E-state index is 0.301.